The van der Waals surface area contributed by atoms with Gasteiger partial charge in [0.2, 0.25) is 0 Å². The fourth-order valence-electron chi connectivity index (χ4n) is 5.65. The highest BCUT2D eigenvalue weighted by molar-refractivity contribution is 5.57. The highest BCUT2D eigenvalue weighted by atomic mass is 16.3. The molecule has 0 aromatic heterocycles. The minimum absolute atomic E-state index is 0.0756. The van der Waals surface area contributed by atoms with Gasteiger partial charge in [0, 0.05) is 23.3 Å². The van der Waals surface area contributed by atoms with E-state index < -0.39 is 0 Å². The Kier molecular flexibility index (Phi) is 6.93. The summed E-state index contributed by atoms with van der Waals surface area (Å²) < 4.78 is 0. The van der Waals surface area contributed by atoms with E-state index in [0.717, 1.165) is 5.56 Å². The zero-order chi connectivity index (χ0) is 24.4. The lowest BCUT2D eigenvalue weighted by molar-refractivity contribution is 0.463. The van der Waals surface area contributed by atoms with E-state index in [2.05, 4.69) is 120 Å². The number of phenols is 1. The average molecular weight is 449 g/mol. The summed E-state index contributed by atoms with van der Waals surface area (Å²) in [4.78, 5) is 0. The zero-order valence-corrected chi connectivity index (χ0v) is 21.3. The molecule has 0 amide bonds. The predicted octanol–water partition coefficient (Wildman–Crippen LogP) is 8.77. The van der Waals surface area contributed by atoms with Crippen LogP contribution in [-0.4, -0.2) is 5.11 Å². The SMILES string of the molecule is Cc1ccccc1[C@H](C)c1ccc(O)c([C@H](C)c2ccccc2C)c1[C@@H](C)c1ccccc1C. The van der Waals surface area contributed by atoms with Gasteiger partial charge in [0.05, 0.1) is 0 Å². The van der Waals surface area contributed by atoms with Gasteiger partial charge < -0.3 is 5.11 Å². The van der Waals surface area contributed by atoms with Crippen LogP contribution in [0, 0.1) is 20.8 Å². The Balaban J connectivity index is 1.99. The predicted molar refractivity (Wildman–Crippen MR) is 144 cm³/mol. The second-order valence-electron chi connectivity index (χ2n) is 9.74. The maximum absolute atomic E-state index is 11.3. The Labute approximate surface area is 205 Å². The molecule has 34 heavy (non-hydrogen) atoms. The Morgan fingerprint density at radius 1 is 0.441 bits per heavy atom. The van der Waals surface area contributed by atoms with Gasteiger partial charge in [-0.15, -0.1) is 0 Å². The third-order valence-corrected chi connectivity index (χ3v) is 7.60. The number of aromatic hydroxyl groups is 1. The van der Waals surface area contributed by atoms with E-state index in [1.807, 2.05) is 6.07 Å². The first-order chi connectivity index (χ1) is 16.3. The van der Waals surface area contributed by atoms with Gasteiger partial charge in [0.25, 0.3) is 0 Å². The molecule has 0 unspecified atom stereocenters. The monoisotopic (exact) mass is 448 g/mol. The van der Waals surface area contributed by atoms with E-state index in [1.165, 1.54) is 44.5 Å². The molecule has 1 heteroatoms. The molecule has 0 spiro atoms. The fraction of sp³-hybridized carbons (Fsp3) is 0.273. The Bertz CT molecular complexity index is 1300. The molecule has 0 bridgehead atoms. The van der Waals surface area contributed by atoms with Crippen LogP contribution in [-0.2, 0) is 0 Å². The van der Waals surface area contributed by atoms with Crippen LogP contribution in [0.2, 0.25) is 0 Å². The van der Waals surface area contributed by atoms with Gasteiger partial charge in [0.1, 0.15) is 5.75 Å². The Morgan fingerprint density at radius 2 is 0.824 bits per heavy atom. The van der Waals surface area contributed by atoms with Gasteiger partial charge in [-0.3, -0.25) is 0 Å². The number of rotatable bonds is 6. The average Bonchev–Trinajstić information content (AvgIpc) is 2.83. The second-order valence-corrected chi connectivity index (χ2v) is 9.74. The smallest absolute Gasteiger partial charge is 0.119 e. The van der Waals surface area contributed by atoms with Crippen LogP contribution in [0.25, 0.3) is 0 Å². The first-order valence-corrected chi connectivity index (χ1v) is 12.3. The van der Waals surface area contributed by atoms with E-state index in [9.17, 15) is 5.11 Å². The van der Waals surface area contributed by atoms with Crippen LogP contribution < -0.4 is 0 Å². The molecular formula is C33H36O. The summed E-state index contributed by atoms with van der Waals surface area (Å²) in [6, 6.07) is 29.9. The standard InChI is InChI=1S/C33H36O/c1-21-13-7-10-16-27(21)24(4)30-19-20-31(34)33(26(6)29-18-12-9-15-23(29)3)32(30)25(5)28-17-11-8-14-22(28)2/h7-20,24-26,34H,1-6H3/t24-,25-,26+/m0/s1. The van der Waals surface area contributed by atoms with Crippen molar-refractivity contribution < 1.29 is 5.11 Å². The fourth-order valence-corrected chi connectivity index (χ4v) is 5.65. The molecule has 0 aliphatic heterocycles. The lowest BCUT2D eigenvalue weighted by Crippen LogP contribution is -2.13. The van der Waals surface area contributed by atoms with Crippen LogP contribution >= 0.6 is 0 Å². The van der Waals surface area contributed by atoms with E-state index in [1.54, 1.807) is 0 Å². The molecule has 0 aliphatic rings. The summed E-state index contributed by atoms with van der Waals surface area (Å²) in [7, 11) is 0. The first-order valence-electron chi connectivity index (χ1n) is 12.3. The van der Waals surface area contributed by atoms with Gasteiger partial charge >= 0.3 is 0 Å². The second kappa shape index (κ2) is 9.89. The molecule has 1 N–H and O–H groups in total. The van der Waals surface area contributed by atoms with Gasteiger partial charge in [-0.05, 0) is 71.3 Å². The van der Waals surface area contributed by atoms with Crippen LogP contribution in [0.3, 0.4) is 0 Å². The summed E-state index contributed by atoms with van der Waals surface area (Å²) in [5.41, 5.74) is 11.3. The van der Waals surface area contributed by atoms with Gasteiger partial charge in [-0.25, -0.2) is 0 Å². The van der Waals surface area contributed by atoms with Crippen LogP contribution in [0.4, 0.5) is 0 Å². The van der Waals surface area contributed by atoms with Crippen molar-refractivity contribution in [3.8, 4) is 5.75 Å². The number of aryl methyl sites for hydroxylation is 3. The van der Waals surface area contributed by atoms with Crippen molar-refractivity contribution in [2.75, 3.05) is 0 Å². The summed E-state index contributed by atoms with van der Waals surface area (Å²) in [6.45, 7) is 13.3. The van der Waals surface area contributed by atoms with Crippen LogP contribution in [0.1, 0.15) is 88.6 Å². The third-order valence-electron chi connectivity index (χ3n) is 7.60. The maximum Gasteiger partial charge on any atom is 0.119 e. The highest BCUT2D eigenvalue weighted by Crippen LogP contribution is 2.45. The van der Waals surface area contributed by atoms with E-state index in [4.69, 9.17) is 0 Å². The van der Waals surface area contributed by atoms with Crippen LogP contribution in [0.5, 0.6) is 5.75 Å². The molecule has 0 heterocycles. The van der Waals surface area contributed by atoms with Crippen LogP contribution in [0.15, 0.2) is 84.9 Å². The molecule has 0 fully saturated rings. The molecule has 0 radical (unpaired) electrons. The van der Waals surface area contributed by atoms with E-state index in [-0.39, 0.29) is 17.8 Å². The Hall–Kier alpha value is -3.32. The van der Waals surface area contributed by atoms with E-state index in [0.29, 0.717) is 5.75 Å². The summed E-state index contributed by atoms with van der Waals surface area (Å²) in [6.07, 6.45) is 0. The largest absolute Gasteiger partial charge is 0.508 e. The van der Waals surface area contributed by atoms with Crippen molar-refractivity contribution >= 4 is 0 Å². The summed E-state index contributed by atoms with van der Waals surface area (Å²) in [5, 5.41) is 11.3. The van der Waals surface area contributed by atoms with Gasteiger partial charge in [0.15, 0.2) is 0 Å². The van der Waals surface area contributed by atoms with Crippen molar-refractivity contribution in [1.29, 1.82) is 0 Å². The molecule has 0 saturated heterocycles. The molecule has 3 atom stereocenters. The topological polar surface area (TPSA) is 20.2 Å². The number of hydrogen-bond acceptors (Lipinski definition) is 1. The first kappa shape index (κ1) is 23.8. The zero-order valence-electron chi connectivity index (χ0n) is 21.3. The number of hydrogen-bond donors (Lipinski definition) is 1. The van der Waals surface area contributed by atoms with Crippen molar-refractivity contribution in [2.24, 2.45) is 0 Å². The normalized spacial score (nSPS) is 13.9. The minimum atomic E-state index is 0.0756. The Morgan fingerprint density at radius 3 is 1.26 bits per heavy atom. The molecule has 174 valence electrons. The van der Waals surface area contributed by atoms with E-state index >= 15 is 0 Å². The number of phenolic OH excluding ortho intramolecular Hbond substituents is 1. The quantitative estimate of drug-likeness (QED) is 0.312. The molecular weight excluding hydrogens is 412 g/mol. The molecule has 4 rings (SSSR count). The summed E-state index contributed by atoms with van der Waals surface area (Å²) >= 11 is 0. The summed E-state index contributed by atoms with van der Waals surface area (Å²) in [5.74, 6) is 0.820. The van der Waals surface area contributed by atoms with Crippen molar-refractivity contribution in [1.82, 2.24) is 0 Å². The molecule has 4 aromatic rings. The van der Waals surface area contributed by atoms with Crippen molar-refractivity contribution in [3.63, 3.8) is 0 Å². The lowest BCUT2D eigenvalue weighted by Gasteiger charge is -2.29. The minimum Gasteiger partial charge on any atom is -0.508 e. The van der Waals surface area contributed by atoms with Crippen molar-refractivity contribution in [2.45, 2.75) is 59.3 Å². The maximum atomic E-state index is 11.3. The highest BCUT2D eigenvalue weighted by Gasteiger charge is 2.28. The van der Waals surface area contributed by atoms with Gasteiger partial charge in [-0.2, -0.15) is 0 Å². The number of benzene rings is 4. The third kappa shape index (κ3) is 4.40. The molecule has 4 aromatic carbocycles. The molecule has 0 aliphatic carbocycles. The van der Waals surface area contributed by atoms with Gasteiger partial charge in [-0.1, -0.05) is 99.6 Å². The lowest BCUT2D eigenvalue weighted by atomic mass is 9.75. The molecule has 1 nitrogen and oxygen atoms in total. The van der Waals surface area contributed by atoms with Crippen molar-refractivity contribution in [3.05, 3.63) is 135 Å². The molecule has 0 saturated carbocycles.